The van der Waals surface area contributed by atoms with Crippen molar-refractivity contribution in [2.45, 2.75) is 0 Å². The minimum Gasteiger partial charge on any atom is -0.336 e. The van der Waals surface area contributed by atoms with Gasteiger partial charge in [0.1, 0.15) is 5.56 Å². The van der Waals surface area contributed by atoms with Gasteiger partial charge in [-0.1, -0.05) is 0 Å². The van der Waals surface area contributed by atoms with Crippen LogP contribution in [0.25, 0.3) is 0 Å². The Labute approximate surface area is 104 Å². The molecular weight excluding hydrogens is 236 g/mol. The summed E-state index contributed by atoms with van der Waals surface area (Å²) in [7, 11) is 3.34. The molecule has 0 bridgehead atoms. The second-order valence-corrected chi connectivity index (χ2v) is 4.47. The van der Waals surface area contributed by atoms with Crippen molar-refractivity contribution in [1.29, 1.82) is 0 Å². The molecule has 0 atom stereocenters. The molecular formula is C11H16N4O3. The van der Waals surface area contributed by atoms with E-state index in [1.54, 1.807) is 4.90 Å². The van der Waals surface area contributed by atoms with Crippen LogP contribution in [0.2, 0.25) is 0 Å². The lowest BCUT2D eigenvalue weighted by Gasteiger charge is -2.32. The van der Waals surface area contributed by atoms with Gasteiger partial charge in [-0.15, -0.1) is 0 Å². The molecule has 0 saturated carbocycles. The average Bonchev–Trinajstić information content (AvgIpc) is 2.36. The van der Waals surface area contributed by atoms with Crippen LogP contribution in [0, 0.1) is 0 Å². The molecule has 0 spiro atoms. The van der Waals surface area contributed by atoms with Gasteiger partial charge in [0.25, 0.3) is 11.5 Å². The highest BCUT2D eigenvalue weighted by Gasteiger charge is 2.23. The van der Waals surface area contributed by atoms with E-state index in [2.05, 4.69) is 9.88 Å². The molecule has 2 heterocycles. The first-order valence-corrected chi connectivity index (χ1v) is 5.77. The third-order valence-electron chi connectivity index (χ3n) is 3.20. The Morgan fingerprint density at radius 2 is 1.78 bits per heavy atom. The van der Waals surface area contributed by atoms with Crippen molar-refractivity contribution in [3.05, 3.63) is 32.6 Å². The molecule has 98 valence electrons. The maximum absolute atomic E-state index is 12.2. The Balaban J connectivity index is 2.27. The summed E-state index contributed by atoms with van der Waals surface area (Å²) < 4.78 is 0.906. The molecule has 1 saturated heterocycles. The van der Waals surface area contributed by atoms with E-state index in [0.717, 1.165) is 17.7 Å². The number of amides is 1. The molecule has 1 N–H and O–H groups in total. The Bertz CT molecular complexity index is 566. The minimum atomic E-state index is -0.553. The number of aromatic nitrogens is 2. The van der Waals surface area contributed by atoms with Crippen LogP contribution in [0.4, 0.5) is 0 Å². The van der Waals surface area contributed by atoms with E-state index in [0.29, 0.717) is 13.1 Å². The molecule has 1 fully saturated rings. The minimum absolute atomic E-state index is 0.0154. The summed E-state index contributed by atoms with van der Waals surface area (Å²) in [5.74, 6) is -0.319. The van der Waals surface area contributed by atoms with Gasteiger partial charge in [-0.2, -0.15) is 0 Å². The third-order valence-corrected chi connectivity index (χ3v) is 3.20. The summed E-state index contributed by atoms with van der Waals surface area (Å²) in [5.41, 5.74) is -1.06. The highest BCUT2D eigenvalue weighted by atomic mass is 16.2. The largest absolute Gasteiger partial charge is 0.336 e. The van der Waals surface area contributed by atoms with Gasteiger partial charge in [-0.25, -0.2) is 4.79 Å². The lowest BCUT2D eigenvalue weighted by atomic mass is 10.2. The zero-order valence-corrected chi connectivity index (χ0v) is 10.5. The first-order valence-electron chi connectivity index (χ1n) is 5.77. The predicted octanol–water partition coefficient (Wildman–Crippen LogP) is -1.54. The van der Waals surface area contributed by atoms with Gasteiger partial charge in [-0.3, -0.25) is 14.2 Å². The summed E-state index contributed by atoms with van der Waals surface area (Å²) in [5, 5.41) is 0. The quantitative estimate of drug-likeness (QED) is 0.657. The molecule has 0 aromatic carbocycles. The number of rotatable bonds is 1. The van der Waals surface area contributed by atoms with Gasteiger partial charge in [0.2, 0.25) is 0 Å². The standard InChI is InChI=1S/C11H16N4O3/c1-13-3-5-15(6-4-13)10(17)8-7-12-11(18)14(2)9(8)16/h7H,3-6H2,1-2H3,(H,12,18). The first kappa shape index (κ1) is 12.6. The first-order chi connectivity index (χ1) is 8.50. The molecule has 2 rings (SSSR count). The van der Waals surface area contributed by atoms with Gasteiger partial charge in [0.15, 0.2) is 0 Å². The monoisotopic (exact) mass is 252 g/mol. The van der Waals surface area contributed by atoms with Gasteiger partial charge in [0.05, 0.1) is 0 Å². The molecule has 0 radical (unpaired) electrons. The van der Waals surface area contributed by atoms with E-state index in [-0.39, 0.29) is 11.5 Å². The molecule has 0 unspecified atom stereocenters. The number of nitrogens with zero attached hydrogens (tertiary/aromatic N) is 3. The highest BCUT2D eigenvalue weighted by molar-refractivity contribution is 5.93. The van der Waals surface area contributed by atoms with E-state index in [4.69, 9.17) is 0 Å². The Morgan fingerprint density at radius 1 is 1.17 bits per heavy atom. The maximum atomic E-state index is 12.2. The van der Waals surface area contributed by atoms with Gasteiger partial charge >= 0.3 is 5.69 Å². The molecule has 1 aromatic heterocycles. The Hall–Kier alpha value is -1.89. The Kier molecular flexibility index (Phi) is 3.33. The summed E-state index contributed by atoms with van der Waals surface area (Å²) >= 11 is 0. The molecule has 1 amide bonds. The van der Waals surface area contributed by atoms with Crippen LogP contribution >= 0.6 is 0 Å². The van der Waals surface area contributed by atoms with E-state index < -0.39 is 11.2 Å². The maximum Gasteiger partial charge on any atom is 0.328 e. The summed E-state index contributed by atoms with van der Waals surface area (Å²) in [6, 6.07) is 0. The number of piperazine rings is 1. The van der Waals surface area contributed by atoms with Crippen molar-refractivity contribution < 1.29 is 4.79 Å². The smallest absolute Gasteiger partial charge is 0.328 e. The van der Waals surface area contributed by atoms with Crippen LogP contribution in [-0.4, -0.2) is 58.5 Å². The molecule has 1 aromatic rings. The van der Waals surface area contributed by atoms with Crippen LogP contribution in [0.3, 0.4) is 0 Å². The SMILES string of the molecule is CN1CCN(C(=O)c2c[nH]c(=O)n(C)c2=O)CC1. The van der Waals surface area contributed by atoms with Crippen LogP contribution in [0.1, 0.15) is 10.4 Å². The van der Waals surface area contributed by atoms with Crippen LogP contribution < -0.4 is 11.2 Å². The normalized spacial score (nSPS) is 16.9. The van der Waals surface area contributed by atoms with Crippen molar-refractivity contribution in [3.8, 4) is 0 Å². The van der Waals surface area contributed by atoms with E-state index in [1.165, 1.54) is 13.2 Å². The van der Waals surface area contributed by atoms with Gasteiger partial charge in [0, 0.05) is 39.4 Å². The number of hydrogen-bond acceptors (Lipinski definition) is 4. The van der Waals surface area contributed by atoms with Crippen molar-refractivity contribution in [2.75, 3.05) is 33.2 Å². The molecule has 1 aliphatic heterocycles. The number of carbonyl (C=O) groups is 1. The topological polar surface area (TPSA) is 78.4 Å². The third kappa shape index (κ3) is 2.21. The second-order valence-electron chi connectivity index (χ2n) is 4.47. The molecule has 7 heteroatoms. The number of hydrogen-bond donors (Lipinski definition) is 1. The van der Waals surface area contributed by atoms with Crippen LogP contribution in [-0.2, 0) is 7.05 Å². The fraction of sp³-hybridized carbons (Fsp3) is 0.545. The molecule has 7 nitrogen and oxygen atoms in total. The number of carbonyl (C=O) groups excluding carboxylic acids is 1. The number of likely N-dealkylation sites (N-methyl/N-ethyl adjacent to an activating group) is 1. The number of nitrogens with one attached hydrogen (secondary N) is 1. The zero-order valence-electron chi connectivity index (χ0n) is 10.5. The van der Waals surface area contributed by atoms with Gasteiger partial charge in [-0.05, 0) is 7.05 Å². The molecule has 1 aliphatic rings. The predicted molar refractivity (Wildman–Crippen MR) is 65.7 cm³/mol. The summed E-state index contributed by atoms with van der Waals surface area (Å²) in [6.45, 7) is 2.76. The van der Waals surface area contributed by atoms with Crippen LogP contribution in [0.5, 0.6) is 0 Å². The Morgan fingerprint density at radius 3 is 2.39 bits per heavy atom. The summed E-state index contributed by atoms with van der Waals surface area (Å²) in [4.78, 5) is 41.3. The average molecular weight is 252 g/mol. The molecule has 0 aliphatic carbocycles. The van der Waals surface area contributed by atoms with Crippen LogP contribution in [0.15, 0.2) is 15.8 Å². The van der Waals surface area contributed by atoms with Crippen molar-refractivity contribution in [3.63, 3.8) is 0 Å². The lowest BCUT2D eigenvalue weighted by Crippen LogP contribution is -2.49. The van der Waals surface area contributed by atoms with Crippen molar-refractivity contribution >= 4 is 5.91 Å². The fourth-order valence-corrected chi connectivity index (χ4v) is 1.90. The van der Waals surface area contributed by atoms with Crippen molar-refractivity contribution in [1.82, 2.24) is 19.4 Å². The number of H-pyrrole nitrogens is 1. The van der Waals surface area contributed by atoms with E-state index in [1.807, 2.05) is 7.05 Å². The van der Waals surface area contributed by atoms with E-state index in [9.17, 15) is 14.4 Å². The fourth-order valence-electron chi connectivity index (χ4n) is 1.90. The highest BCUT2D eigenvalue weighted by Crippen LogP contribution is 2.03. The second kappa shape index (κ2) is 4.77. The molecule has 18 heavy (non-hydrogen) atoms. The lowest BCUT2D eigenvalue weighted by molar-refractivity contribution is 0.0661. The van der Waals surface area contributed by atoms with Crippen molar-refractivity contribution in [2.24, 2.45) is 7.05 Å². The number of aromatic amines is 1. The van der Waals surface area contributed by atoms with Gasteiger partial charge < -0.3 is 14.8 Å². The summed E-state index contributed by atoms with van der Waals surface area (Å²) in [6.07, 6.45) is 1.20. The zero-order chi connectivity index (χ0) is 13.3. The van der Waals surface area contributed by atoms with E-state index >= 15 is 0 Å².